The maximum Gasteiger partial charge on any atom is 0.249 e. The number of hydrogen-bond acceptors (Lipinski definition) is 1. The summed E-state index contributed by atoms with van der Waals surface area (Å²) in [5.74, 6) is 0. The molecule has 0 aliphatic heterocycles. The molecule has 0 rings (SSSR count). The molecule has 0 spiro atoms. The van der Waals surface area contributed by atoms with Crippen molar-refractivity contribution in [1.82, 2.24) is 0 Å². The molecule has 84 valence electrons. The molecular formula is C12H26OSi. The fourth-order valence-corrected chi connectivity index (χ4v) is 3.97. The van der Waals surface area contributed by atoms with Gasteiger partial charge < -0.3 is 4.43 Å². The molecule has 0 aromatic heterocycles. The second-order valence-corrected chi connectivity index (χ2v) is 8.60. The fourth-order valence-electron chi connectivity index (χ4n) is 1.58. The minimum Gasteiger partial charge on any atom is -0.549 e. The Hall–Kier alpha value is -0.243. The quantitative estimate of drug-likeness (QED) is 0.323. The SMILES string of the molecule is CCCC/C=C\O[Si](CC)(CC)CC. The lowest BCUT2D eigenvalue weighted by Crippen LogP contribution is -2.33. The van der Waals surface area contributed by atoms with E-state index in [9.17, 15) is 0 Å². The Bertz CT molecular complexity index is 142. The molecule has 1 nitrogen and oxygen atoms in total. The topological polar surface area (TPSA) is 9.23 Å². The maximum atomic E-state index is 5.98. The van der Waals surface area contributed by atoms with E-state index in [1.807, 2.05) is 6.26 Å². The molecule has 0 aromatic rings. The van der Waals surface area contributed by atoms with E-state index in [-0.39, 0.29) is 0 Å². The van der Waals surface area contributed by atoms with Gasteiger partial charge in [-0.2, -0.15) is 0 Å². The molecule has 0 atom stereocenters. The van der Waals surface area contributed by atoms with Crippen molar-refractivity contribution >= 4 is 8.32 Å². The van der Waals surface area contributed by atoms with E-state index in [0.717, 1.165) is 6.42 Å². The average Bonchev–Trinajstić information content (AvgIpc) is 2.24. The Morgan fingerprint density at radius 1 is 1.00 bits per heavy atom. The van der Waals surface area contributed by atoms with Crippen LogP contribution in [-0.4, -0.2) is 8.32 Å². The van der Waals surface area contributed by atoms with E-state index in [0.29, 0.717) is 0 Å². The Balaban J connectivity index is 3.86. The van der Waals surface area contributed by atoms with Crippen LogP contribution in [0.3, 0.4) is 0 Å². The molecule has 14 heavy (non-hydrogen) atoms. The molecule has 0 bridgehead atoms. The van der Waals surface area contributed by atoms with Gasteiger partial charge in [-0.25, -0.2) is 0 Å². The molecule has 0 radical (unpaired) electrons. The number of allylic oxidation sites excluding steroid dienone is 1. The number of hydrogen-bond donors (Lipinski definition) is 0. The fraction of sp³-hybridized carbons (Fsp3) is 0.833. The lowest BCUT2D eigenvalue weighted by molar-refractivity contribution is 0.455. The third kappa shape index (κ3) is 4.84. The Labute approximate surface area is 90.7 Å². The van der Waals surface area contributed by atoms with Gasteiger partial charge >= 0.3 is 0 Å². The van der Waals surface area contributed by atoms with E-state index < -0.39 is 8.32 Å². The lowest BCUT2D eigenvalue weighted by atomic mass is 10.2. The first-order valence-electron chi connectivity index (χ1n) is 6.07. The highest BCUT2D eigenvalue weighted by atomic mass is 28.4. The second-order valence-electron chi connectivity index (χ2n) is 3.88. The van der Waals surface area contributed by atoms with E-state index >= 15 is 0 Å². The Morgan fingerprint density at radius 3 is 2.00 bits per heavy atom. The van der Waals surface area contributed by atoms with Crippen molar-refractivity contribution in [3.8, 4) is 0 Å². The Kier molecular flexibility index (Phi) is 7.96. The van der Waals surface area contributed by atoms with Gasteiger partial charge in [-0.15, -0.1) is 0 Å². The van der Waals surface area contributed by atoms with Crippen molar-refractivity contribution in [1.29, 1.82) is 0 Å². The zero-order valence-corrected chi connectivity index (χ0v) is 11.3. The Morgan fingerprint density at radius 2 is 1.57 bits per heavy atom. The minimum absolute atomic E-state index is 1.16. The smallest absolute Gasteiger partial charge is 0.249 e. The van der Waals surface area contributed by atoms with Gasteiger partial charge in [0.25, 0.3) is 0 Å². The highest BCUT2D eigenvalue weighted by Crippen LogP contribution is 2.21. The van der Waals surface area contributed by atoms with Crippen molar-refractivity contribution in [3.05, 3.63) is 12.3 Å². The maximum absolute atomic E-state index is 5.98. The van der Waals surface area contributed by atoms with Gasteiger partial charge in [-0.1, -0.05) is 40.2 Å². The molecule has 0 saturated heterocycles. The van der Waals surface area contributed by atoms with Crippen LogP contribution in [0.5, 0.6) is 0 Å². The highest BCUT2D eigenvalue weighted by molar-refractivity contribution is 6.73. The summed E-state index contributed by atoms with van der Waals surface area (Å²) in [6.45, 7) is 9.01. The molecule has 0 aliphatic rings. The first-order chi connectivity index (χ1) is 6.74. The predicted molar refractivity (Wildman–Crippen MR) is 66.9 cm³/mol. The molecular weight excluding hydrogens is 188 g/mol. The van der Waals surface area contributed by atoms with Gasteiger partial charge in [0.15, 0.2) is 0 Å². The van der Waals surface area contributed by atoms with Crippen molar-refractivity contribution < 1.29 is 4.43 Å². The molecule has 0 heterocycles. The van der Waals surface area contributed by atoms with Crippen LogP contribution in [0.1, 0.15) is 47.0 Å². The summed E-state index contributed by atoms with van der Waals surface area (Å²) in [7, 11) is -1.36. The van der Waals surface area contributed by atoms with Gasteiger partial charge in [-0.05, 0) is 31.0 Å². The number of rotatable bonds is 8. The standard InChI is InChI=1S/C12H26OSi/c1-5-9-10-11-12-13-14(6-2,7-3)8-4/h11-12H,5-10H2,1-4H3/b12-11-. The van der Waals surface area contributed by atoms with E-state index in [1.165, 1.54) is 31.0 Å². The third-order valence-corrected chi connectivity index (χ3v) is 7.57. The predicted octanol–water partition coefficient (Wildman–Crippen LogP) is 4.71. The summed E-state index contributed by atoms with van der Waals surface area (Å²) in [6, 6.07) is 3.70. The van der Waals surface area contributed by atoms with Gasteiger partial charge in [0, 0.05) is 0 Å². The van der Waals surface area contributed by atoms with Crippen molar-refractivity contribution in [2.45, 2.75) is 65.1 Å². The van der Waals surface area contributed by atoms with E-state index in [2.05, 4.69) is 33.8 Å². The monoisotopic (exact) mass is 214 g/mol. The third-order valence-electron chi connectivity index (χ3n) is 3.07. The second kappa shape index (κ2) is 8.10. The van der Waals surface area contributed by atoms with Crippen LogP contribution in [-0.2, 0) is 4.43 Å². The average molecular weight is 214 g/mol. The molecule has 0 saturated carbocycles. The van der Waals surface area contributed by atoms with Gasteiger partial charge in [0.1, 0.15) is 0 Å². The van der Waals surface area contributed by atoms with Gasteiger partial charge in [0.05, 0.1) is 6.26 Å². The lowest BCUT2D eigenvalue weighted by Gasteiger charge is -2.26. The van der Waals surface area contributed by atoms with Crippen LogP contribution in [0.25, 0.3) is 0 Å². The zero-order chi connectivity index (χ0) is 10.9. The van der Waals surface area contributed by atoms with Crippen LogP contribution in [0, 0.1) is 0 Å². The largest absolute Gasteiger partial charge is 0.549 e. The summed E-state index contributed by atoms with van der Waals surface area (Å²) in [4.78, 5) is 0. The minimum atomic E-state index is -1.36. The molecule has 0 aromatic carbocycles. The molecule has 0 fully saturated rings. The van der Waals surface area contributed by atoms with E-state index in [1.54, 1.807) is 0 Å². The molecule has 0 N–H and O–H groups in total. The van der Waals surface area contributed by atoms with Crippen LogP contribution in [0.2, 0.25) is 18.1 Å². The summed E-state index contributed by atoms with van der Waals surface area (Å²) < 4.78 is 5.98. The van der Waals surface area contributed by atoms with E-state index in [4.69, 9.17) is 4.43 Å². The number of unbranched alkanes of at least 4 members (excludes halogenated alkanes) is 2. The molecule has 0 unspecified atom stereocenters. The molecule has 2 heteroatoms. The van der Waals surface area contributed by atoms with Crippen LogP contribution < -0.4 is 0 Å². The van der Waals surface area contributed by atoms with Crippen molar-refractivity contribution in [3.63, 3.8) is 0 Å². The molecule has 0 amide bonds. The zero-order valence-electron chi connectivity index (χ0n) is 10.3. The summed E-state index contributed by atoms with van der Waals surface area (Å²) in [5, 5.41) is 0. The summed E-state index contributed by atoms with van der Waals surface area (Å²) in [5.41, 5.74) is 0. The molecule has 0 aliphatic carbocycles. The van der Waals surface area contributed by atoms with Gasteiger partial charge in [0.2, 0.25) is 8.32 Å². The summed E-state index contributed by atoms with van der Waals surface area (Å²) >= 11 is 0. The summed E-state index contributed by atoms with van der Waals surface area (Å²) in [6.07, 6.45) is 7.86. The van der Waals surface area contributed by atoms with Crippen LogP contribution >= 0.6 is 0 Å². The van der Waals surface area contributed by atoms with Crippen LogP contribution in [0.4, 0.5) is 0 Å². The van der Waals surface area contributed by atoms with Crippen molar-refractivity contribution in [2.24, 2.45) is 0 Å². The first-order valence-corrected chi connectivity index (χ1v) is 8.60. The normalized spacial score (nSPS) is 12.3. The van der Waals surface area contributed by atoms with Crippen molar-refractivity contribution in [2.75, 3.05) is 0 Å². The van der Waals surface area contributed by atoms with Crippen LogP contribution in [0.15, 0.2) is 12.3 Å². The highest BCUT2D eigenvalue weighted by Gasteiger charge is 2.28. The van der Waals surface area contributed by atoms with Gasteiger partial charge in [-0.3, -0.25) is 0 Å². The first kappa shape index (κ1) is 13.8.